The number of aromatic nitrogens is 2. The molecule has 6 heteroatoms. The largest absolute Gasteiger partial charge is 0.292 e. The molecule has 0 atom stereocenters. The van der Waals surface area contributed by atoms with Gasteiger partial charge in [-0.15, -0.1) is 0 Å². The van der Waals surface area contributed by atoms with Crippen LogP contribution in [0.3, 0.4) is 0 Å². The maximum Gasteiger partial charge on any atom is 0.261 e. The van der Waals surface area contributed by atoms with Crippen molar-refractivity contribution in [3.8, 4) is 0 Å². The Kier molecular flexibility index (Phi) is 3.33. The van der Waals surface area contributed by atoms with Crippen LogP contribution in [0.1, 0.15) is 17.8 Å². The van der Waals surface area contributed by atoms with Crippen LogP contribution < -0.4 is 5.56 Å². The number of benzene rings is 1. The van der Waals surface area contributed by atoms with Gasteiger partial charge < -0.3 is 0 Å². The third kappa shape index (κ3) is 2.19. The quantitative estimate of drug-likeness (QED) is 0.638. The molecule has 110 valence electrons. The van der Waals surface area contributed by atoms with Gasteiger partial charge in [0.15, 0.2) is 0 Å². The van der Waals surface area contributed by atoms with E-state index in [0.29, 0.717) is 33.3 Å². The van der Waals surface area contributed by atoms with Gasteiger partial charge in [-0.25, -0.2) is 4.98 Å². The van der Waals surface area contributed by atoms with Gasteiger partial charge in [-0.05, 0) is 52.6 Å². The molecule has 1 aromatic carbocycles. The number of hydrogen-bond donors (Lipinski definition) is 0. The summed E-state index contributed by atoms with van der Waals surface area (Å²) in [6.07, 6.45) is 2.87. The summed E-state index contributed by atoms with van der Waals surface area (Å²) in [5, 5.41) is 5.43. The van der Waals surface area contributed by atoms with Crippen LogP contribution in [0, 0.1) is 0 Å². The normalized spacial score (nSPS) is 15.6. The average molecular weight is 349 g/mol. The third-order valence-electron chi connectivity index (χ3n) is 3.75. The first-order valence-corrected chi connectivity index (χ1v) is 8.46. The Labute approximate surface area is 140 Å². The Balaban J connectivity index is 1.99. The highest BCUT2D eigenvalue weighted by Gasteiger charge is 2.22. The first kappa shape index (κ1) is 14.0. The van der Waals surface area contributed by atoms with Crippen molar-refractivity contribution in [2.75, 3.05) is 0 Å². The lowest BCUT2D eigenvalue weighted by atomic mass is 10.1. The van der Waals surface area contributed by atoms with Gasteiger partial charge in [-0.1, -0.05) is 23.2 Å². The Morgan fingerprint density at radius 3 is 2.95 bits per heavy atom. The Morgan fingerprint density at radius 1 is 1.32 bits per heavy atom. The molecule has 0 saturated heterocycles. The van der Waals surface area contributed by atoms with Crippen molar-refractivity contribution >= 4 is 57.1 Å². The molecule has 0 radical (unpaired) electrons. The molecule has 0 saturated carbocycles. The molecule has 0 unspecified atom stereocenters. The summed E-state index contributed by atoms with van der Waals surface area (Å²) in [5.41, 5.74) is 2.62. The lowest BCUT2D eigenvalue weighted by molar-refractivity contribution is 0.725. The van der Waals surface area contributed by atoms with Crippen LogP contribution in [-0.2, 0) is 6.54 Å². The van der Waals surface area contributed by atoms with E-state index in [0.717, 1.165) is 17.6 Å². The molecule has 0 bridgehead atoms. The SMILES string of the molecule is O=c1c2cc(Cl)cc(Cl)c2nc2n1CC/C2=C/c1ccsc1. The topological polar surface area (TPSA) is 34.9 Å². The van der Waals surface area contributed by atoms with Crippen LogP contribution in [0.15, 0.2) is 33.8 Å². The van der Waals surface area contributed by atoms with E-state index in [1.807, 2.05) is 11.4 Å². The number of fused-ring (bicyclic) bond motifs is 2. The smallest absolute Gasteiger partial charge is 0.261 e. The maximum absolute atomic E-state index is 12.7. The van der Waals surface area contributed by atoms with E-state index >= 15 is 0 Å². The number of nitrogens with zero attached hydrogens (tertiary/aromatic N) is 2. The Bertz CT molecular complexity index is 974. The van der Waals surface area contributed by atoms with Gasteiger partial charge in [-0.3, -0.25) is 9.36 Å². The highest BCUT2D eigenvalue weighted by Crippen LogP contribution is 2.31. The first-order valence-electron chi connectivity index (χ1n) is 6.76. The summed E-state index contributed by atoms with van der Waals surface area (Å²) in [6, 6.07) is 5.30. The van der Waals surface area contributed by atoms with Crippen molar-refractivity contribution in [2.24, 2.45) is 0 Å². The lowest BCUT2D eigenvalue weighted by Gasteiger charge is -2.07. The zero-order valence-electron chi connectivity index (χ0n) is 11.3. The summed E-state index contributed by atoms with van der Waals surface area (Å²) >= 11 is 13.9. The molecule has 1 aliphatic heterocycles. The van der Waals surface area contributed by atoms with E-state index in [2.05, 4.69) is 16.4 Å². The van der Waals surface area contributed by atoms with Crippen LogP contribution >= 0.6 is 34.5 Å². The highest BCUT2D eigenvalue weighted by molar-refractivity contribution is 7.08. The van der Waals surface area contributed by atoms with E-state index in [9.17, 15) is 4.79 Å². The molecule has 3 heterocycles. The summed E-state index contributed by atoms with van der Waals surface area (Å²) < 4.78 is 1.70. The third-order valence-corrected chi connectivity index (χ3v) is 4.96. The predicted octanol–water partition coefficient (Wildman–Crippen LogP) is 4.71. The molecule has 0 N–H and O–H groups in total. The standard InChI is InChI=1S/C16H10Cl2N2OS/c17-11-6-12-14(13(18)7-11)19-15-10(1-3-20(15)16(12)21)5-9-2-4-22-8-9/h2,4-8H,1,3H2/b10-5-. The molecule has 1 aliphatic rings. The molecule has 0 fully saturated rings. The second kappa shape index (κ2) is 5.23. The minimum Gasteiger partial charge on any atom is -0.292 e. The monoisotopic (exact) mass is 348 g/mol. The molecule has 0 spiro atoms. The van der Waals surface area contributed by atoms with Gasteiger partial charge in [0.2, 0.25) is 0 Å². The zero-order valence-corrected chi connectivity index (χ0v) is 13.7. The fourth-order valence-corrected chi connectivity index (χ4v) is 3.90. The summed E-state index contributed by atoms with van der Waals surface area (Å²) in [7, 11) is 0. The summed E-state index contributed by atoms with van der Waals surface area (Å²) in [5.74, 6) is 0.702. The van der Waals surface area contributed by atoms with Gasteiger partial charge in [0, 0.05) is 11.6 Å². The number of allylic oxidation sites excluding steroid dienone is 1. The molecular weight excluding hydrogens is 339 g/mol. The maximum atomic E-state index is 12.7. The van der Waals surface area contributed by atoms with Crippen molar-refractivity contribution in [1.82, 2.24) is 9.55 Å². The van der Waals surface area contributed by atoms with Crippen LogP contribution in [0.4, 0.5) is 0 Å². The Hall–Kier alpha value is -1.62. The first-order chi connectivity index (χ1) is 10.6. The van der Waals surface area contributed by atoms with Gasteiger partial charge in [0.1, 0.15) is 5.82 Å². The average Bonchev–Trinajstić information content (AvgIpc) is 3.11. The molecule has 22 heavy (non-hydrogen) atoms. The van der Waals surface area contributed by atoms with Crippen LogP contribution in [-0.4, -0.2) is 9.55 Å². The van der Waals surface area contributed by atoms with E-state index in [4.69, 9.17) is 23.2 Å². The fraction of sp³-hybridized carbons (Fsp3) is 0.125. The summed E-state index contributed by atoms with van der Waals surface area (Å²) in [6.45, 7) is 0.636. The molecule has 4 rings (SSSR count). The second-order valence-electron chi connectivity index (χ2n) is 5.15. The number of thiophene rings is 1. The summed E-state index contributed by atoms with van der Waals surface area (Å²) in [4.78, 5) is 17.3. The van der Waals surface area contributed by atoms with Crippen LogP contribution in [0.2, 0.25) is 10.0 Å². The molecule has 0 amide bonds. The van der Waals surface area contributed by atoms with Crippen molar-refractivity contribution in [3.63, 3.8) is 0 Å². The van der Waals surface area contributed by atoms with Gasteiger partial charge in [0.25, 0.3) is 5.56 Å². The number of hydrogen-bond acceptors (Lipinski definition) is 3. The molecule has 0 aliphatic carbocycles. The van der Waals surface area contributed by atoms with Crippen molar-refractivity contribution < 1.29 is 0 Å². The van der Waals surface area contributed by atoms with E-state index in [-0.39, 0.29) is 5.56 Å². The van der Waals surface area contributed by atoms with Gasteiger partial charge >= 0.3 is 0 Å². The van der Waals surface area contributed by atoms with Gasteiger partial charge in [-0.2, -0.15) is 11.3 Å². The highest BCUT2D eigenvalue weighted by atomic mass is 35.5. The lowest BCUT2D eigenvalue weighted by Crippen LogP contribution is -2.20. The molecule has 2 aromatic heterocycles. The van der Waals surface area contributed by atoms with E-state index in [1.165, 1.54) is 0 Å². The number of rotatable bonds is 1. The van der Waals surface area contributed by atoms with Gasteiger partial charge in [0.05, 0.1) is 15.9 Å². The van der Waals surface area contributed by atoms with Crippen molar-refractivity contribution in [3.05, 3.63) is 60.7 Å². The number of halogens is 2. The van der Waals surface area contributed by atoms with Crippen molar-refractivity contribution in [2.45, 2.75) is 13.0 Å². The molecular formula is C16H10Cl2N2OS. The predicted molar refractivity (Wildman–Crippen MR) is 92.8 cm³/mol. The zero-order chi connectivity index (χ0) is 15.3. The minimum absolute atomic E-state index is 0.0851. The van der Waals surface area contributed by atoms with Crippen molar-refractivity contribution in [1.29, 1.82) is 0 Å². The van der Waals surface area contributed by atoms with E-state index in [1.54, 1.807) is 28.0 Å². The fourth-order valence-electron chi connectivity index (χ4n) is 2.74. The van der Waals surface area contributed by atoms with Crippen LogP contribution in [0.5, 0.6) is 0 Å². The van der Waals surface area contributed by atoms with Crippen LogP contribution in [0.25, 0.3) is 22.6 Å². The molecule has 3 nitrogen and oxygen atoms in total. The Morgan fingerprint density at radius 2 is 2.18 bits per heavy atom. The second-order valence-corrected chi connectivity index (χ2v) is 6.78. The van der Waals surface area contributed by atoms with E-state index < -0.39 is 0 Å². The minimum atomic E-state index is -0.0851. The molecule has 3 aromatic rings.